The van der Waals surface area contributed by atoms with Crippen molar-refractivity contribution in [1.29, 1.82) is 0 Å². The Morgan fingerprint density at radius 3 is 2.59 bits per heavy atom. The van der Waals surface area contributed by atoms with Crippen LogP contribution in [0.3, 0.4) is 0 Å². The number of hydrogen-bond acceptors (Lipinski definition) is 6. The molecule has 1 aliphatic heterocycles. The third-order valence-corrected chi connectivity index (χ3v) is 5.82. The molecule has 0 aromatic carbocycles. The van der Waals surface area contributed by atoms with Crippen LogP contribution in [-0.2, 0) is 10.0 Å². The average molecular weight is 343 g/mol. The van der Waals surface area contributed by atoms with Gasteiger partial charge in [0.1, 0.15) is 22.7 Å². The number of nitrogens with zero attached hydrogens (tertiary/aromatic N) is 4. The van der Waals surface area contributed by atoms with E-state index in [9.17, 15) is 8.42 Å². The highest BCUT2D eigenvalue weighted by Gasteiger charge is 2.31. The zero-order valence-electron chi connectivity index (χ0n) is 11.9. The maximum absolute atomic E-state index is 12.5. The lowest BCUT2D eigenvalue weighted by Crippen LogP contribution is -2.49. The Morgan fingerprint density at radius 2 is 2.00 bits per heavy atom. The second kappa shape index (κ2) is 5.86. The average Bonchev–Trinajstić information content (AvgIpc) is 2.94. The summed E-state index contributed by atoms with van der Waals surface area (Å²) in [6, 6.07) is 3.48. The van der Waals surface area contributed by atoms with Gasteiger partial charge in [-0.1, -0.05) is 16.8 Å². The smallest absolute Gasteiger partial charge is 0.248 e. The maximum atomic E-state index is 12.5. The van der Waals surface area contributed by atoms with Gasteiger partial charge in [0.05, 0.1) is 0 Å². The first-order valence-electron chi connectivity index (χ1n) is 6.76. The van der Waals surface area contributed by atoms with Crippen molar-refractivity contribution in [3.8, 4) is 0 Å². The van der Waals surface area contributed by atoms with Crippen molar-refractivity contribution < 1.29 is 12.9 Å². The molecule has 0 N–H and O–H groups in total. The fraction of sp³-hybridized carbons (Fsp3) is 0.385. The molecule has 1 fully saturated rings. The molecule has 0 radical (unpaired) electrons. The van der Waals surface area contributed by atoms with E-state index in [1.165, 1.54) is 10.6 Å². The van der Waals surface area contributed by atoms with Crippen molar-refractivity contribution in [2.45, 2.75) is 11.8 Å². The lowest BCUT2D eigenvalue weighted by molar-refractivity contribution is 0.382. The summed E-state index contributed by atoms with van der Waals surface area (Å²) in [5.41, 5.74) is 0.374. The number of halogens is 1. The van der Waals surface area contributed by atoms with Crippen molar-refractivity contribution in [2.24, 2.45) is 0 Å². The molecule has 118 valence electrons. The highest BCUT2D eigenvalue weighted by molar-refractivity contribution is 7.89. The number of sulfonamides is 1. The molecule has 0 atom stereocenters. The van der Waals surface area contributed by atoms with Crippen LogP contribution in [-0.4, -0.2) is 49.0 Å². The normalized spacial score (nSPS) is 16.9. The van der Waals surface area contributed by atoms with Crippen LogP contribution in [0.25, 0.3) is 0 Å². The second-order valence-corrected chi connectivity index (χ2v) is 7.33. The summed E-state index contributed by atoms with van der Waals surface area (Å²) in [5.74, 6) is 0.755. The van der Waals surface area contributed by atoms with Gasteiger partial charge in [-0.05, 0) is 19.1 Å². The van der Waals surface area contributed by atoms with Gasteiger partial charge in [-0.3, -0.25) is 0 Å². The largest absolute Gasteiger partial charge is 0.363 e. The quantitative estimate of drug-likeness (QED) is 0.841. The number of anilines is 1. The van der Waals surface area contributed by atoms with Crippen LogP contribution >= 0.6 is 11.6 Å². The minimum atomic E-state index is -3.56. The minimum Gasteiger partial charge on any atom is -0.363 e. The molecule has 7 nitrogen and oxygen atoms in total. The zero-order valence-corrected chi connectivity index (χ0v) is 13.5. The number of pyridine rings is 1. The van der Waals surface area contributed by atoms with Crippen molar-refractivity contribution in [1.82, 2.24) is 14.4 Å². The van der Waals surface area contributed by atoms with E-state index in [1.54, 1.807) is 25.3 Å². The van der Waals surface area contributed by atoms with Crippen molar-refractivity contribution in [3.05, 3.63) is 35.3 Å². The fourth-order valence-corrected chi connectivity index (χ4v) is 4.05. The predicted octanol–water partition coefficient (Wildman–Crippen LogP) is 1.54. The molecule has 1 aliphatic rings. The predicted molar refractivity (Wildman–Crippen MR) is 81.5 cm³/mol. The Kier molecular flexibility index (Phi) is 4.07. The first-order valence-corrected chi connectivity index (χ1v) is 8.58. The molecule has 0 amide bonds. The molecular formula is C13H15ClN4O3S. The van der Waals surface area contributed by atoms with Gasteiger partial charge in [0.25, 0.3) is 0 Å². The molecule has 9 heteroatoms. The van der Waals surface area contributed by atoms with E-state index in [2.05, 4.69) is 10.1 Å². The Labute approximate surface area is 133 Å². The van der Waals surface area contributed by atoms with E-state index in [-0.39, 0.29) is 4.90 Å². The molecule has 0 saturated carbocycles. The van der Waals surface area contributed by atoms with E-state index < -0.39 is 10.0 Å². The summed E-state index contributed by atoms with van der Waals surface area (Å²) in [6.07, 6.45) is 2.82. The van der Waals surface area contributed by atoms with E-state index in [4.69, 9.17) is 16.1 Å². The third kappa shape index (κ3) is 2.81. The van der Waals surface area contributed by atoms with Gasteiger partial charge in [0.15, 0.2) is 0 Å². The van der Waals surface area contributed by atoms with Gasteiger partial charge in [0.2, 0.25) is 10.0 Å². The van der Waals surface area contributed by atoms with Crippen LogP contribution < -0.4 is 4.90 Å². The third-order valence-electron chi connectivity index (χ3n) is 3.59. The summed E-state index contributed by atoms with van der Waals surface area (Å²) in [6.45, 7) is 3.47. The summed E-state index contributed by atoms with van der Waals surface area (Å²) in [4.78, 5) is 6.40. The molecule has 0 spiro atoms. The van der Waals surface area contributed by atoms with Gasteiger partial charge in [-0.15, -0.1) is 0 Å². The monoisotopic (exact) mass is 342 g/mol. The standard InChI is InChI=1S/C13H15ClN4O3S/c1-10-12(9-21-16-10)22(19,20)18-6-4-17(5-7-18)13-8-11(14)2-3-15-13/h2-3,8-9H,4-7H2,1H3. The molecule has 1 saturated heterocycles. The van der Waals surface area contributed by atoms with Gasteiger partial charge in [-0.2, -0.15) is 4.31 Å². The first kappa shape index (κ1) is 15.3. The molecule has 22 heavy (non-hydrogen) atoms. The molecule has 2 aromatic heterocycles. The molecule has 0 unspecified atom stereocenters. The van der Waals surface area contributed by atoms with E-state index >= 15 is 0 Å². The maximum Gasteiger partial charge on any atom is 0.248 e. The highest BCUT2D eigenvalue weighted by atomic mass is 35.5. The molecule has 0 bridgehead atoms. The molecule has 3 rings (SSSR count). The minimum absolute atomic E-state index is 0.127. The number of rotatable bonds is 3. The summed E-state index contributed by atoms with van der Waals surface area (Å²) in [5, 5.41) is 4.25. The van der Waals surface area contributed by atoms with Crippen molar-refractivity contribution in [3.63, 3.8) is 0 Å². The van der Waals surface area contributed by atoms with E-state index in [1.807, 2.05) is 4.90 Å². The van der Waals surface area contributed by atoms with Crippen LogP contribution in [0, 0.1) is 6.92 Å². The van der Waals surface area contributed by atoms with E-state index in [0.29, 0.717) is 36.9 Å². The van der Waals surface area contributed by atoms with Gasteiger partial charge < -0.3 is 9.42 Å². The van der Waals surface area contributed by atoms with Gasteiger partial charge in [0, 0.05) is 37.4 Å². The second-order valence-electron chi connectivity index (χ2n) is 4.99. The Bertz CT molecular complexity index is 769. The first-order chi connectivity index (χ1) is 10.5. The zero-order chi connectivity index (χ0) is 15.7. The Morgan fingerprint density at radius 1 is 1.27 bits per heavy atom. The molecule has 2 aromatic rings. The lowest BCUT2D eigenvalue weighted by Gasteiger charge is -2.34. The van der Waals surface area contributed by atoms with Crippen LogP contribution in [0.2, 0.25) is 5.02 Å². The Balaban J connectivity index is 1.73. The molecular weight excluding hydrogens is 328 g/mol. The molecule has 3 heterocycles. The van der Waals surface area contributed by atoms with Crippen molar-refractivity contribution >= 4 is 27.4 Å². The van der Waals surface area contributed by atoms with Crippen LogP contribution in [0.4, 0.5) is 5.82 Å². The SMILES string of the molecule is Cc1nocc1S(=O)(=O)N1CCN(c2cc(Cl)ccn2)CC1. The van der Waals surface area contributed by atoms with Crippen LogP contribution in [0.1, 0.15) is 5.69 Å². The number of aryl methyl sites for hydroxylation is 1. The van der Waals surface area contributed by atoms with Gasteiger partial charge >= 0.3 is 0 Å². The highest BCUT2D eigenvalue weighted by Crippen LogP contribution is 2.22. The van der Waals surface area contributed by atoms with Crippen LogP contribution in [0.15, 0.2) is 34.0 Å². The molecule has 0 aliphatic carbocycles. The van der Waals surface area contributed by atoms with E-state index in [0.717, 1.165) is 5.82 Å². The Hall–Kier alpha value is -1.64. The summed E-state index contributed by atoms with van der Waals surface area (Å²) in [7, 11) is -3.56. The lowest BCUT2D eigenvalue weighted by atomic mass is 10.3. The topological polar surface area (TPSA) is 79.5 Å². The summed E-state index contributed by atoms with van der Waals surface area (Å²) >= 11 is 5.96. The van der Waals surface area contributed by atoms with Crippen molar-refractivity contribution in [2.75, 3.05) is 31.1 Å². The van der Waals surface area contributed by atoms with Crippen LogP contribution in [0.5, 0.6) is 0 Å². The summed E-state index contributed by atoms with van der Waals surface area (Å²) < 4.78 is 31.2. The number of aromatic nitrogens is 2. The number of piperazine rings is 1. The fourth-order valence-electron chi connectivity index (χ4n) is 2.39. The van der Waals surface area contributed by atoms with Gasteiger partial charge in [-0.25, -0.2) is 13.4 Å². The number of hydrogen-bond donors (Lipinski definition) is 0.